The number of unbranched alkanes of at least 4 members (excludes halogenated alkanes) is 12. The number of benzene rings is 1. The Hall–Kier alpha value is -0.990. The minimum absolute atomic E-state index is 0.0486. The van der Waals surface area contributed by atoms with Crippen LogP contribution in [0, 0.1) is 0 Å². The Morgan fingerprint density at radius 1 is 0.553 bits per heavy atom. The van der Waals surface area contributed by atoms with E-state index >= 15 is 0 Å². The maximum atomic E-state index is 13.1. The summed E-state index contributed by atoms with van der Waals surface area (Å²) in [5.74, 6) is 0.418. The van der Waals surface area contributed by atoms with Crippen LogP contribution >= 0.6 is 7.82 Å². The van der Waals surface area contributed by atoms with Crippen LogP contribution in [-0.2, 0) is 32.5 Å². The molecule has 0 heterocycles. The highest BCUT2D eigenvalue weighted by Crippen LogP contribution is 2.49. The third kappa shape index (κ3) is 21.9. The van der Waals surface area contributed by atoms with Crippen molar-refractivity contribution < 1.29 is 37.4 Å². The van der Waals surface area contributed by atoms with Gasteiger partial charge in [0.2, 0.25) is 0 Å². The number of hydrogen-bond acceptors (Lipinski definition) is 8. The molecule has 38 heavy (non-hydrogen) atoms. The number of phosphoric ester groups is 1. The molecule has 0 aliphatic rings. The smallest absolute Gasteiger partial charge is 0.379 e. The first-order valence-corrected chi connectivity index (χ1v) is 16.2. The third-order valence-corrected chi connectivity index (χ3v) is 7.15. The Kier molecular flexibility index (Phi) is 24.2. The van der Waals surface area contributed by atoms with Gasteiger partial charge in [0.05, 0.1) is 46.2 Å². The summed E-state index contributed by atoms with van der Waals surface area (Å²) < 4.78 is 45.2. The summed E-state index contributed by atoms with van der Waals surface area (Å²) in [5.41, 5.74) is 0. The van der Waals surface area contributed by atoms with E-state index < -0.39 is 7.82 Å². The Morgan fingerprint density at radius 3 is 1.58 bits per heavy atom. The van der Waals surface area contributed by atoms with Crippen molar-refractivity contribution in [2.75, 3.05) is 52.9 Å². The maximum absolute atomic E-state index is 13.1. The van der Waals surface area contributed by atoms with Crippen molar-refractivity contribution in [3.8, 4) is 5.75 Å². The van der Waals surface area contributed by atoms with Gasteiger partial charge in [0, 0.05) is 6.61 Å². The van der Waals surface area contributed by atoms with E-state index in [-0.39, 0.29) is 19.8 Å². The zero-order valence-corrected chi connectivity index (χ0v) is 24.8. The SMILES string of the molecule is CCCCCCCCCCCCCCCOP(=O)(OCCOCCOCCOCC)OOc1ccccc1. The van der Waals surface area contributed by atoms with Crippen LogP contribution in [0.3, 0.4) is 0 Å². The normalized spacial score (nSPS) is 13.0. The van der Waals surface area contributed by atoms with Gasteiger partial charge < -0.3 is 19.1 Å². The third-order valence-electron chi connectivity index (χ3n) is 5.89. The topological polar surface area (TPSA) is 81.7 Å². The predicted octanol–water partition coefficient (Wildman–Crippen LogP) is 8.30. The van der Waals surface area contributed by atoms with E-state index in [0.29, 0.717) is 38.8 Å². The number of hydrogen-bond donors (Lipinski definition) is 0. The van der Waals surface area contributed by atoms with Crippen LogP contribution in [-0.4, -0.2) is 52.9 Å². The van der Waals surface area contributed by atoms with E-state index in [0.717, 1.165) is 19.3 Å². The Morgan fingerprint density at radius 2 is 1.03 bits per heavy atom. The van der Waals surface area contributed by atoms with Crippen molar-refractivity contribution >= 4 is 7.82 Å². The van der Waals surface area contributed by atoms with Gasteiger partial charge in [0.25, 0.3) is 0 Å². The van der Waals surface area contributed by atoms with E-state index in [1.807, 2.05) is 13.0 Å². The number of phosphoric acid groups is 1. The summed E-state index contributed by atoms with van der Waals surface area (Å²) in [4.78, 5) is 5.20. The lowest BCUT2D eigenvalue weighted by Gasteiger charge is -2.17. The molecule has 0 saturated carbocycles. The molecule has 1 unspecified atom stereocenters. The van der Waals surface area contributed by atoms with Gasteiger partial charge in [-0.25, -0.2) is 4.57 Å². The molecule has 9 heteroatoms. The average molecular weight is 561 g/mol. The second kappa shape index (κ2) is 26.2. The second-order valence-electron chi connectivity index (χ2n) is 9.25. The van der Waals surface area contributed by atoms with Gasteiger partial charge in [0.1, 0.15) is 0 Å². The monoisotopic (exact) mass is 560 g/mol. The molecule has 1 aromatic rings. The van der Waals surface area contributed by atoms with Crippen molar-refractivity contribution in [3.05, 3.63) is 30.3 Å². The Balaban J connectivity index is 2.16. The lowest BCUT2D eigenvalue weighted by Crippen LogP contribution is -2.12. The van der Waals surface area contributed by atoms with Gasteiger partial charge in [-0.2, -0.15) is 0 Å². The molecule has 0 amide bonds. The molecule has 1 rings (SSSR count). The summed E-state index contributed by atoms with van der Waals surface area (Å²) in [5, 5.41) is 0. The van der Waals surface area contributed by atoms with Gasteiger partial charge in [-0.1, -0.05) is 107 Å². The van der Waals surface area contributed by atoms with Gasteiger partial charge in [-0.3, -0.25) is 9.05 Å². The zero-order valence-electron chi connectivity index (χ0n) is 23.9. The molecule has 0 spiro atoms. The highest BCUT2D eigenvalue weighted by Gasteiger charge is 2.29. The first-order chi connectivity index (χ1) is 18.7. The molecule has 0 aliphatic carbocycles. The first kappa shape index (κ1) is 35.0. The van der Waals surface area contributed by atoms with E-state index in [1.54, 1.807) is 24.3 Å². The molecule has 0 aliphatic heterocycles. The average Bonchev–Trinajstić information content (AvgIpc) is 2.94. The minimum atomic E-state index is -3.89. The molecule has 8 nitrogen and oxygen atoms in total. The van der Waals surface area contributed by atoms with Crippen LogP contribution in [0.15, 0.2) is 30.3 Å². The van der Waals surface area contributed by atoms with E-state index in [2.05, 4.69) is 6.92 Å². The first-order valence-electron chi connectivity index (χ1n) is 14.7. The number of para-hydroxylation sites is 1. The van der Waals surface area contributed by atoms with Gasteiger partial charge >= 0.3 is 7.82 Å². The Labute approximate surface area is 231 Å². The molecule has 0 bridgehead atoms. The largest absolute Gasteiger partial charge is 0.511 e. The lowest BCUT2D eigenvalue weighted by molar-refractivity contribution is -0.134. The van der Waals surface area contributed by atoms with Crippen molar-refractivity contribution in [2.45, 2.75) is 97.3 Å². The molecule has 0 radical (unpaired) electrons. The van der Waals surface area contributed by atoms with Crippen LogP contribution < -0.4 is 4.89 Å². The fourth-order valence-electron chi connectivity index (χ4n) is 3.73. The molecule has 0 saturated heterocycles. The van der Waals surface area contributed by atoms with Crippen molar-refractivity contribution in [1.29, 1.82) is 0 Å². The fourth-order valence-corrected chi connectivity index (χ4v) is 4.72. The lowest BCUT2D eigenvalue weighted by atomic mass is 10.0. The minimum Gasteiger partial charge on any atom is -0.379 e. The van der Waals surface area contributed by atoms with Crippen LogP contribution in [0.4, 0.5) is 0 Å². The van der Waals surface area contributed by atoms with Gasteiger partial charge in [-0.05, 0) is 25.5 Å². The van der Waals surface area contributed by atoms with Crippen LogP contribution in [0.1, 0.15) is 97.3 Å². The van der Waals surface area contributed by atoms with Crippen LogP contribution in [0.25, 0.3) is 0 Å². The highest BCUT2D eigenvalue weighted by atomic mass is 31.2. The van der Waals surface area contributed by atoms with Crippen molar-refractivity contribution in [2.24, 2.45) is 0 Å². The fraction of sp³-hybridized carbons (Fsp3) is 0.793. The summed E-state index contributed by atoms with van der Waals surface area (Å²) in [6.07, 6.45) is 16.3. The van der Waals surface area contributed by atoms with Gasteiger partial charge in [-0.15, -0.1) is 0 Å². The molecular weight excluding hydrogens is 507 g/mol. The van der Waals surface area contributed by atoms with E-state index in [1.165, 1.54) is 64.2 Å². The Bertz CT molecular complexity index is 661. The van der Waals surface area contributed by atoms with Crippen LogP contribution in [0.2, 0.25) is 0 Å². The molecule has 0 N–H and O–H groups in total. The summed E-state index contributed by atoms with van der Waals surface area (Å²) >= 11 is 0. The predicted molar refractivity (Wildman–Crippen MR) is 151 cm³/mol. The molecule has 1 aromatic carbocycles. The van der Waals surface area contributed by atoms with E-state index in [9.17, 15) is 4.57 Å². The molecule has 0 aromatic heterocycles. The maximum Gasteiger partial charge on any atom is 0.511 e. The molecular formula is C29H53O8P. The highest BCUT2D eigenvalue weighted by molar-refractivity contribution is 7.48. The van der Waals surface area contributed by atoms with Crippen molar-refractivity contribution in [3.63, 3.8) is 0 Å². The van der Waals surface area contributed by atoms with E-state index in [4.69, 9.17) is 32.8 Å². The zero-order chi connectivity index (χ0) is 27.4. The summed E-state index contributed by atoms with van der Waals surface area (Å²) in [7, 11) is -3.89. The summed E-state index contributed by atoms with van der Waals surface area (Å²) in [6, 6.07) is 8.84. The summed E-state index contributed by atoms with van der Waals surface area (Å²) in [6.45, 7) is 7.39. The standard InChI is InChI=1S/C29H53O8P/c1-3-5-6-7-8-9-10-11-12-13-14-15-19-22-34-38(30,37-36-29-20-17-16-18-21-29)35-28-27-33-26-25-32-24-23-31-4-2/h16-18,20-21H,3-15,19,22-28H2,1-2H3. The second-order valence-corrected chi connectivity index (χ2v) is 10.8. The molecule has 1 atom stereocenters. The number of ether oxygens (including phenoxy) is 3. The van der Waals surface area contributed by atoms with Crippen molar-refractivity contribution in [1.82, 2.24) is 0 Å². The van der Waals surface area contributed by atoms with Crippen LogP contribution in [0.5, 0.6) is 5.75 Å². The molecule has 222 valence electrons. The number of rotatable bonds is 29. The van der Waals surface area contributed by atoms with Gasteiger partial charge in [0.15, 0.2) is 5.75 Å². The quantitative estimate of drug-likeness (QED) is 0.0419. The molecule has 0 fully saturated rings.